The van der Waals surface area contributed by atoms with E-state index in [0.717, 1.165) is 0 Å². The van der Waals surface area contributed by atoms with Crippen LogP contribution in [-0.2, 0) is 9.84 Å². The predicted molar refractivity (Wildman–Crippen MR) is 77.9 cm³/mol. The number of nitro benzene ring substituents is 1. The molecule has 1 unspecified atom stereocenters. The third-order valence-electron chi connectivity index (χ3n) is 3.41. The maximum absolute atomic E-state index is 11.7. The lowest BCUT2D eigenvalue weighted by Gasteiger charge is -2.12. The molecular formula is C12H17N3O4S. The lowest BCUT2D eigenvalue weighted by molar-refractivity contribution is -0.384. The van der Waals surface area contributed by atoms with E-state index in [-0.39, 0.29) is 18.0 Å². The van der Waals surface area contributed by atoms with Crippen LogP contribution in [0.5, 0.6) is 0 Å². The molecule has 0 aromatic heterocycles. The first-order chi connectivity index (χ1) is 9.42. The Labute approximate surface area is 117 Å². The average molecular weight is 299 g/mol. The molecular weight excluding hydrogens is 282 g/mol. The van der Waals surface area contributed by atoms with Gasteiger partial charge >= 0.3 is 0 Å². The second-order valence-corrected chi connectivity index (χ2v) is 7.19. The van der Waals surface area contributed by atoms with Gasteiger partial charge in [-0.15, -0.1) is 0 Å². The first-order valence-corrected chi connectivity index (χ1v) is 8.06. The van der Waals surface area contributed by atoms with Crippen LogP contribution >= 0.6 is 0 Å². The van der Waals surface area contributed by atoms with Gasteiger partial charge in [0, 0.05) is 37.1 Å². The van der Waals surface area contributed by atoms with Gasteiger partial charge in [-0.3, -0.25) is 10.1 Å². The van der Waals surface area contributed by atoms with Crippen molar-refractivity contribution >= 4 is 26.9 Å². The standard InChI is InChI=1S/C12H17N3O4S/c1-13-9-5-10(7-11(6-9)15(16)17)14-8-12-3-2-4-20(12,18)19/h5-7,12-14H,2-4,8H2,1H3. The average Bonchev–Trinajstić information content (AvgIpc) is 2.74. The third kappa shape index (κ3) is 3.19. The number of nitrogens with one attached hydrogen (secondary N) is 2. The van der Waals surface area contributed by atoms with E-state index in [9.17, 15) is 18.5 Å². The van der Waals surface area contributed by atoms with Crippen LogP contribution < -0.4 is 10.6 Å². The van der Waals surface area contributed by atoms with Gasteiger partial charge < -0.3 is 10.6 Å². The molecule has 0 spiro atoms. The highest BCUT2D eigenvalue weighted by molar-refractivity contribution is 7.92. The Morgan fingerprint density at radius 2 is 2.05 bits per heavy atom. The van der Waals surface area contributed by atoms with Crippen LogP contribution in [0.1, 0.15) is 12.8 Å². The molecule has 1 aliphatic heterocycles. The summed E-state index contributed by atoms with van der Waals surface area (Å²) in [5.74, 6) is 0.232. The summed E-state index contributed by atoms with van der Waals surface area (Å²) in [6.07, 6.45) is 1.33. The topological polar surface area (TPSA) is 101 Å². The summed E-state index contributed by atoms with van der Waals surface area (Å²) in [6, 6.07) is 4.55. The van der Waals surface area contributed by atoms with Crippen LogP contribution in [0, 0.1) is 10.1 Å². The summed E-state index contributed by atoms with van der Waals surface area (Å²) in [7, 11) is -1.34. The Kier molecular flexibility index (Phi) is 4.12. The summed E-state index contributed by atoms with van der Waals surface area (Å²) in [5.41, 5.74) is 1.12. The maximum Gasteiger partial charge on any atom is 0.273 e. The SMILES string of the molecule is CNc1cc(NCC2CCCS2(=O)=O)cc([N+](=O)[O-])c1. The minimum atomic E-state index is -3.01. The molecule has 2 N–H and O–H groups in total. The molecule has 1 heterocycles. The molecule has 8 heteroatoms. The molecule has 1 aromatic carbocycles. The number of non-ortho nitro benzene ring substituents is 1. The molecule has 0 saturated carbocycles. The molecule has 20 heavy (non-hydrogen) atoms. The van der Waals surface area contributed by atoms with E-state index in [1.165, 1.54) is 12.1 Å². The first-order valence-electron chi connectivity index (χ1n) is 6.35. The van der Waals surface area contributed by atoms with Crippen LogP contribution in [0.4, 0.5) is 17.1 Å². The molecule has 1 atom stereocenters. The fourth-order valence-corrected chi connectivity index (χ4v) is 4.05. The number of hydrogen-bond acceptors (Lipinski definition) is 6. The van der Waals surface area contributed by atoms with Gasteiger partial charge in [-0.05, 0) is 18.9 Å². The second kappa shape index (κ2) is 5.66. The van der Waals surface area contributed by atoms with E-state index in [1.807, 2.05) is 0 Å². The molecule has 1 saturated heterocycles. The van der Waals surface area contributed by atoms with Gasteiger partial charge in [0.05, 0.1) is 15.9 Å². The number of nitrogens with zero attached hydrogens (tertiary/aromatic N) is 1. The van der Waals surface area contributed by atoms with Crippen LogP contribution in [0.25, 0.3) is 0 Å². The van der Waals surface area contributed by atoms with Crippen molar-refractivity contribution in [1.29, 1.82) is 0 Å². The Balaban J connectivity index is 2.13. The highest BCUT2D eigenvalue weighted by atomic mass is 32.2. The summed E-state index contributed by atoms with van der Waals surface area (Å²) in [5, 5.41) is 16.3. The second-order valence-electron chi connectivity index (χ2n) is 4.79. The van der Waals surface area contributed by atoms with Crippen LogP contribution in [0.3, 0.4) is 0 Å². The summed E-state index contributed by atoms with van der Waals surface area (Å²) in [6.45, 7) is 0.284. The molecule has 0 bridgehead atoms. The Hall–Kier alpha value is -1.83. The van der Waals surface area contributed by atoms with Gasteiger partial charge in [-0.2, -0.15) is 0 Å². The number of sulfone groups is 1. The Morgan fingerprint density at radius 3 is 2.60 bits per heavy atom. The Morgan fingerprint density at radius 1 is 1.35 bits per heavy atom. The van der Waals surface area contributed by atoms with Crippen LogP contribution in [-0.4, -0.2) is 37.9 Å². The highest BCUT2D eigenvalue weighted by Gasteiger charge is 2.30. The zero-order valence-electron chi connectivity index (χ0n) is 11.1. The van der Waals surface area contributed by atoms with Gasteiger partial charge in [0.25, 0.3) is 5.69 Å². The van der Waals surface area contributed by atoms with E-state index in [1.54, 1.807) is 13.1 Å². The molecule has 2 rings (SSSR count). The molecule has 0 amide bonds. The lowest BCUT2D eigenvalue weighted by Crippen LogP contribution is -2.25. The molecule has 1 fully saturated rings. The van der Waals surface area contributed by atoms with Crippen LogP contribution in [0.15, 0.2) is 18.2 Å². The molecule has 110 valence electrons. The summed E-state index contributed by atoms with van der Waals surface area (Å²) < 4.78 is 23.4. The molecule has 1 aromatic rings. The van der Waals surface area contributed by atoms with Crippen molar-refractivity contribution in [1.82, 2.24) is 0 Å². The lowest BCUT2D eigenvalue weighted by atomic mass is 10.2. The van der Waals surface area contributed by atoms with Crippen molar-refractivity contribution in [2.75, 3.05) is 30.0 Å². The van der Waals surface area contributed by atoms with Crippen molar-refractivity contribution in [2.24, 2.45) is 0 Å². The Bertz CT molecular complexity index is 615. The van der Waals surface area contributed by atoms with Crippen molar-refractivity contribution in [2.45, 2.75) is 18.1 Å². The van der Waals surface area contributed by atoms with Gasteiger partial charge in [-0.25, -0.2) is 8.42 Å². The summed E-state index contributed by atoms with van der Waals surface area (Å²) in [4.78, 5) is 10.4. The van der Waals surface area contributed by atoms with E-state index in [0.29, 0.717) is 24.2 Å². The third-order valence-corrected chi connectivity index (χ3v) is 5.69. The number of nitro groups is 1. The zero-order chi connectivity index (χ0) is 14.8. The highest BCUT2D eigenvalue weighted by Crippen LogP contribution is 2.25. The zero-order valence-corrected chi connectivity index (χ0v) is 11.9. The summed E-state index contributed by atoms with van der Waals surface area (Å²) >= 11 is 0. The maximum atomic E-state index is 11.7. The van der Waals surface area contributed by atoms with Crippen molar-refractivity contribution in [3.8, 4) is 0 Å². The fraction of sp³-hybridized carbons (Fsp3) is 0.500. The fourth-order valence-electron chi connectivity index (χ4n) is 2.28. The molecule has 1 aliphatic rings. The van der Waals surface area contributed by atoms with Gasteiger partial charge in [-0.1, -0.05) is 0 Å². The predicted octanol–water partition coefficient (Wildman–Crippen LogP) is 1.63. The normalized spacial score (nSPS) is 20.6. The first kappa shape index (κ1) is 14.6. The van der Waals surface area contributed by atoms with E-state index in [4.69, 9.17) is 0 Å². The van der Waals surface area contributed by atoms with Crippen molar-refractivity contribution < 1.29 is 13.3 Å². The largest absolute Gasteiger partial charge is 0.388 e. The van der Waals surface area contributed by atoms with Crippen LogP contribution in [0.2, 0.25) is 0 Å². The van der Waals surface area contributed by atoms with Gasteiger partial charge in [0.2, 0.25) is 0 Å². The van der Waals surface area contributed by atoms with Crippen molar-refractivity contribution in [3.63, 3.8) is 0 Å². The quantitative estimate of drug-likeness (QED) is 0.633. The monoisotopic (exact) mass is 299 g/mol. The van der Waals surface area contributed by atoms with E-state index >= 15 is 0 Å². The molecule has 0 aliphatic carbocycles. The van der Waals surface area contributed by atoms with Gasteiger partial charge in [0.15, 0.2) is 9.84 Å². The smallest absolute Gasteiger partial charge is 0.273 e. The number of benzene rings is 1. The number of hydrogen-bond donors (Lipinski definition) is 2. The number of anilines is 2. The van der Waals surface area contributed by atoms with Crippen molar-refractivity contribution in [3.05, 3.63) is 28.3 Å². The minimum Gasteiger partial charge on any atom is -0.388 e. The number of rotatable bonds is 5. The molecule has 0 radical (unpaired) electrons. The van der Waals surface area contributed by atoms with E-state index < -0.39 is 20.0 Å². The van der Waals surface area contributed by atoms with Gasteiger partial charge in [0.1, 0.15) is 0 Å². The minimum absolute atomic E-state index is 0.0337. The van der Waals surface area contributed by atoms with E-state index in [2.05, 4.69) is 10.6 Å². The molecule has 7 nitrogen and oxygen atoms in total.